The van der Waals surface area contributed by atoms with Crippen LogP contribution in [0.15, 0.2) is 22.4 Å². The Hall–Kier alpha value is 0.480. The first-order valence-electron chi connectivity index (χ1n) is 2.32. The Morgan fingerprint density at radius 1 is 1.30 bits per heavy atom. The van der Waals surface area contributed by atoms with Gasteiger partial charge in [-0.3, -0.25) is 0 Å². The van der Waals surface area contributed by atoms with Crippen LogP contribution in [0.2, 0.25) is 0 Å². The van der Waals surface area contributed by atoms with Crippen molar-refractivity contribution in [1.82, 2.24) is 9.97 Å². The predicted molar refractivity (Wildman–Crippen MR) is 51.7 cm³/mol. The van der Waals surface area contributed by atoms with Crippen molar-refractivity contribution in [2.24, 2.45) is 0 Å². The molecule has 0 saturated carbocycles. The highest BCUT2D eigenvalue weighted by atomic mass is 33.1. The molecule has 0 radical (unpaired) electrons. The van der Waals surface area contributed by atoms with Gasteiger partial charge in [0.2, 0.25) is 0 Å². The van der Waals surface area contributed by atoms with E-state index in [1.165, 1.54) is 21.6 Å². The number of nitrogens with zero attached hydrogens (tertiary/aromatic N) is 2. The molecule has 1 heterocycles. The lowest BCUT2D eigenvalue weighted by molar-refractivity contribution is 0.899. The fraction of sp³-hybridized carbons (Fsp3) is 0. The van der Waals surface area contributed by atoms with Crippen LogP contribution in [0, 0.1) is 0 Å². The molecule has 0 atom stereocenters. The first-order chi connectivity index (χ1) is 4.86. The van der Waals surface area contributed by atoms with E-state index in [1.54, 1.807) is 12.3 Å². The number of hydrogen-bond acceptors (Lipinski definition) is 6. The van der Waals surface area contributed by atoms with Crippen LogP contribution in [0.3, 0.4) is 0 Å². The number of aromatic nitrogens is 2. The highest BCUT2D eigenvalue weighted by Crippen LogP contribution is 2.22. The molecule has 0 saturated heterocycles. The maximum absolute atomic E-state index is 4.07. The minimum absolute atomic E-state index is 0.655. The third kappa shape index (κ3) is 2.26. The molecule has 0 N–H and O–H groups in total. The van der Waals surface area contributed by atoms with Gasteiger partial charge in [-0.05, 0) is 27.7 Å². The molecule has 1 aromatic rings. The van der Waals surface area contributed by atoms with E-state index in [2.05, 4.69) is 33.3 Å². The Balaban J connectivity index is 2.87. The first-order valence-corrected chi connectivity index (χ1v) is 6.06. The Kier molecular flexibility index (Phi) is 3.75. The lowest BCUT2D eigenvalue weighted by Crippen LogP contribution is -1.83. The summed E-state index contributed by atoms with van der Waals surface area (Å²) in [6, 6.07) is 1.80. The molecule has 0 aromatic carbocycles. The molecule has 1 rings (SSSR count). The molecule has 0 aliphatic carbocycles. The fourth-order valence-electron chi connectivity index (χ4n) is 0.420. The summed E-state index contributed by atoms with van der Waals surface area (Å²) in [4.78, 5) is 8.01. The molecule has 54 valence electrons. The standard InChI is InChI=1S/C4H4N2S4/c7-9-3-1-2-5-4(6-3)10-8/h1-2,7-8H. The van der Waals surface area contributed by atoms with E-state index in [9.17, 15) is 0 Å². The molecule has 0 spiro atoms. The van der Waals surface area contributed by atoms with Crippen LogP contribution in [0.1, 0.15) is 0 Å². The van der Waals surface area contributed by atoms with Gasteiger partial charge in [-0.1, -0.05) is 0 Å². The third-order valence-electron chi connectivity index (χ3n) is 0.783. The number of hydrogen-bond donors (Lipinski definition) is 2. The normalized spacial score (nSPS) is 9.80. The van der Waals surface area contributed by atoms with Crippen LogP contribution in [-0.2, 0) is 0 Å². The minimum Gasteiger partial charge on any atom is -0.230 e. The summed E-state index contributed by atoms with van der Waals surface area (Å²) < 4.78 is 0. The minimum atomic E-state index is 0.655. The van der Waals surface area contributed by atoms with E-state index in [4.69, 9.17) is 0 Å². The molecular weight excluding hydrogens is 204 g/mol. The Morgan fingerprint density at radius 2 is 2.10 bits per heavy atom. The van der Waals surface area contributed by atoms with Crippen LogP contribution >= 0.6 is 44.9 Å². The number of rotatable bonds is 2. The van der Waals surface area contributed by atoms with E-state index in [0.29, 0.717) is 5.16 Å². The summed E-state index contributed by atoms with van der Waals surface area (Å²) in [5.74, 6) is 0. The predicted octanol–water partition coefficient (Wildman–Crippen LogP) is 2.35. The quantitative estimate of drug-likeness (QED) is 0.337. The van der Waals surface area contributed by atoms with Gasteiger partial charge in [0.25, 0.3) is 0 Å². The van der Waals surface area contributed by atoms with Crippen molar-refractivity contribution in [3.05, 3.63) is 12.3 Å². The maximum Gasteiger partial charge on any atom is 0.199 e. The second-order valence-electron chi connectivity index (χ2n) is 1.36. The SMILES string of the molecule is SSc1ccnc(SS)n1. The number of thiol groups is 2. The Bertz CT molecular complexity index is 197. The molecule has 1 aromatic heterocycles. The van der Waals surface area contributed by atoms with Crippen molar-refractivity contribution < 1.29 is 0 Å². The molecule has 0 amide bonds. The van der Waals surface area contributed by atoms with Crippen molar-refractivity contribution in [2.45, 2.75) is 10.2 Å². The second kappa shape index (κ2) is 4.38. The van der Waals surface area contributed by atoms with Crippen LogP contribution in [-0.4, -0.2) is 9.97 Å². The Morgan fingerprint density at radius 3 is 2.70 bits per heavy atom. The van der Waals surface area contributed by atoms with Gasteiger partial charge in [0.15, 0.2) is 5.16 Å². The molecule has 0 bridgehead atoms. The van der Waals surface area contributed by atoms with Crippen molar-refractivity contribution in [1.29, 1.82) is 0 Å². The van der Waals surface area contributed by atoms with Gasteiger partial charge < -0.3 is 0 Å². The van der Waals surface area contributed by atoms with E-state index in [-0.39, 0.29) is 0 Å². The zero-order chi connectivity index (χ0) is 7.40. The van der Waals surface area contributed by atoms with E-state index < -0.39 is 0 Å². The van der Waals surface area contributed by atoms with Crippen molar-refractivity contribution >= 4 is 44.9 Å². The highest BCUT2D eigenvalue weighted by Gasteiger charge is 1.95. The summed E-state index contributed by atoms with van der Waals surface area (Å²) in [7, 11) is 2.52. The summed E-state index contributed by atoms with van der Waals surface area (Å²) in [5.41, 5.74) is 0. The zero-order valence-corrected chi connectivity index (χ0v) is 8.18. The molecule has 6 heteroatoms. The van der Waals surface area contributed by atoms with Gasteiger partial charge in [0.05, 0.1) is 0 Å². The van der Waals surface area contributed by atoms with Gasteiger partial charge >= 0.3 is 0 Å². The van der Waals surface area contributed by atoms with Crippen LogP contribution in [0.5, 0.6) is 0 Å². The second-order valence-corrected chi connectivity index (χ2v) is 3.60. The zero-order valence-electron chi connectivity index (χ0n) is 4.76. The molecule has 2 nitrogen and oxygen atoms in total. The Labute approximate surface area is 77.2 Å². The monoisotopic (exact) mass is 208 g/mol. The summed E-state index contributed by atoms with van der Waals surface area (Å²) in [6.07, 6.45) is 1.68. The lowest BCUT2D eigenvalue weighted by atomic mass is 10.7. The van der Waals surface area contributed by atoms with Crippen LogP contribution in [0.25, 0.3) is 0 Å². The average Bonchev–Trinajstić information content (AvgIpc) is 2.05. The van der Waals surface area contributed by atoms with E-state index >= 15 is 0 Å². The largest absolute Gasteiger partial charge is 0.230 e. The van der Waals surface area contributed by atoms with Gasteiger partial charge in [-0.2, -0.15) is 0 Å². The smallest absolute Gasteiger partial charge is 0.199 e. The summed E-state index contributed by atoms with van der Waals surface area (Å²) in [5, 5.41) is 1.50. The van der Waals surface area contributed by atoms with Gasteiger partial charge in [0, 0.05) is 6.20 Å². The maximum atomic E-state index is 4.07. The average molecular weight is 208 g/mol. The lowest BCUT2D eigenvalue weighted by Gasteiger charge is -1.94. The summed E-state index contributed by atoms with van der Waals surface area (Å²) in [6.45, 7) is 0. The molecule has 0 unspecified atom stereocenters. The molecule has 0 aliphatic rings. The first kappa shape index (κ1) is 8.58. The van der Waals surface area contributed by atoms with Crippen molar-refractivity contribution in [3.63, 3.8) is 0 Å². The van der Waals surface area contributed by atoms with E-state index in [1.807, 2.05) is 0 Å². The fourth-order valence-corrected chi connectivity index (χ4v) is 1.54. The van der Waals surface area contributed by atoms with Crippen LogP contribution in [0.4, 0.5) is 0 Å². The van der Waals surface area contributed by atoms with Gasteiger partial charge in [-0.15, -0.1) is 23.3 Å². The molecule has 0 fully saturated rings. The van der Waals surface area contributed by atoms with Gasteiger partial charge in [-0.25, -0.2) is 9.97 Å². The van der Waals surface area contributed by atoms with Gasteiger partial charge in [0.1, 0.15) is 5.03 Å². The van der Waals surface area contributed by atoms with Crippen LogP contribution < -0.4 is 0 Å². The van der Waals surface area contributed by atoms with E-state index in [0.717, 1.165) is 5.03 Å². The van der Waals surface area contributed by atoms with Crippen molar-refractivity contribution in [2.75, 3.05) is 0 Å². The summed E-state index contributed by atoms with van der Waals surface area (Å²) >= 11 is 7.94. The third-order valence-corrected chi connectivity index (χ3v) is 2.61. The highest BCUT2D eigenvalue weighted by molar-refractivity contribution is 8.69. The molecular formula is C4H4N2S4. The topological polar surface area (TPSA) is 25.8 Å². The van der Waals surface area contributed by atoms with Crippen molar-refractivity contribution in [3.8, 4) is 0 Å². The molecule has 0 aliphatic heterocycles. The molecule has 10 heavy (non-hydrogen) atoms.